The second-order valence-electron chi connectivity index (χ2n) is 1.95. The molecular formula is C6H8N4O. The molecule has 0 aliphatic rings. The van der Waals surface area contributed by atoms with Crippen LogP contribution in [0.15, 0.2) is 18.3 Å². The number of carbonyl (C=O) groups excluding carboxylic acids is 1. The topological polar surface area (TPSA) is 94.0 Å². The smallest absolute Gasteiger partial charge is 0.283 e. The molecule has 0 aromatic carbocycles. The molecule has 5 nitrogen and oxygen atoms in total. The van der Waals surface area contributed by atoms with Crippen LogP contribution in [0.1, 0.15) is 10.5 Å². The molecule has 0 unspecified atom stereocenters. The third-order valence-electron chi connectivity index (χ3n) is 1.15. The van der Waals surface area contributed by atoms with Crippen molar-refractivity contribution in [3.05, 3.63) is 24.0 Å². The molecular weight excluding hydrogens is 144 g/mol. The lowest BCUT2D eigenvalue weighted by molar-refractivity contribution is 0.0949. The zero-order chi connectivity index (χ0) is 8.27. The number of nitrogens with two attached hydrogens (primary N) is 2. The number of carbonyl (C=O) groups is 1. The lowest BCUT2D eigenvalue weighted by Gasteiger charge is -1.97. The Balaban J connectivity index is 2.96. The summed E-state index contributed by atoms with van der Waals surface area (Å²) in [4.78, 5) is 14.5. The van der Waals surface area contributed by atoms with Gasteiger partial charge in [-0.25, -0.2) is 5.84 Å². The van der Waals surface area contributed by atoms with Crippen molar-refractivity contribution in [1.29, 1.82) is 0 Å². The Morgan fingerprint density at radius 3 is 2.91 bits per heavy atom. The predicted octanol–water partition coefficient (Wildman–Crippen LogP) is -0.733. The number of rotatable bonds is 1. The minimum Gasteiger partial charge on any atom is -0.399 e. The number of hydrogen-bond acceptors (Lipinski definition) is 4. The SMILES string of the molecule is NNC(=O)c1cc(N)ccn1. The molecule has 0 atom stereocenters. The van der Waals surface area contributed by atoms with Crippen molar-refractivity contribution in [3.8, 4) is 0 Å². The molecule has 0 aliphatic heterocycles. The van der Waals surface area contributed by atoms with Gasteiger partial charge in [-0.1, -0.05) is 0 Å². The van der Waals surface area contributed by atoms with Crippen LogP contribution in [-0.2, 0) is 0 Å². The van der Waals surface area contributed by atoms with Crippen LogP contribution < -0.4 is 17.0 Å². The fourth-order valence-corrected chi connectivity index (χ4v) is 0.645. The summed E-state index contributed by atoms with van der Waals surface area (Å²) in [5, 5.41) is 0. The van der Waals surface area contributed by atoms with Crippen LogP contribution in [0.4, 0.5) is 5.69 Å². The summed E-state index contributed by atoms with van der Waals surface area (Å²) in [5.41, 5.74) is 8.04. The monoisotopic (exact) mass is 152 g/mol. The number of nitrogens with zero attached hydrogens (tertiary/aromatic N) is 1. The van der Waals surface area contributed by atoms with E-state index in [2.05, 4.69) is 4.98 Å². The molecule has 0 fully saturated rings. The fraction of sp³-hybridized carbons (Fsp3) is 0. The molecule has 0 spiro atoms. The standard InChI is InChI=1S/C6H8N4O/c7-4-1-2-9-5(3-4)6(11)10-8/h1-3H,8H2,(H2,7,9)(H,10,11). The van der Waals surface area contributed by atoms with Gasteiger partial charge < -0.3 is 5.73 Å². The maximum atomic E-state index is 10.8. The average molecular weight is 152 g/mol. The minimum absolute atomic E-state index is 0.215. The fourth-order valence-electron chi connectivity index (χ4n) is 0.645. The molecule has 11 heavy (non-hydrogen) atoms. The first-order valence-corrected chi connectivity index (χ1v) is 2.96. The van der Waals surface area contributed by atoms with Gasteiger partial charge in [0.1, 0.15) is 5.69 Å². The van der Waals surface area contributed by atoms with E-state index in [9.17, 15) is 4.79 Å². The van der Waals surface area contributed by atoms with Crippen LogP contribution in [0, 0.1) is 0 Å². The van der Waals surface area contributed by atoms with Crippen LogP contribution in [0.5, 0.6) is 0 Å². The van der Waals surface area contributed by atoms with Crippen LogP contribution >= 0.6 is 0 Å². The van der Waals surface area contributed by atoms with E-state index in [1.165, 1.54) is 12.3 Å². The first-order valence-electron chi connectivity index (χ1n) is 2.96. The van der Waals surface area contributed by atoms with E-state index in [0.717, 1.165) is 0 Å². The third-order valence-corrected chi connectivity index (χ3v) is 1.15. The summed E-state index contributed by atoms with van der Waals surface area (Å²) in [6, 6.07) is 3.04. The Morgan fingerprint density at radius 2 is 2.36 bits per heavy atom. The van der Waals surface area contributed by atoms with Gasteiger partial charge >= 0.3 is 0 Å². The summed E-state index contributed by atoms with van der Waals surface area (Å²) in [6.45, 7) is 0. The predicted molar refractivity (Wildman–Crippen MR) is 40.3 cm³/mol. The molecule has 1 aromatic rings. The van der Waals surface area contributed by atoms with Gasteiger partial charge in [0.2, 0.25) is 0 Å². The molecule has 0 saturated carbocycles. The van der Waals surface area contributed by atoms with Crippen molar-refractivity contribution in [2.24, 2.45) is 5.84 Å². The molecule has 0 bridgehead atoms. The molecule has 5 N–H and O–H groups in total. The van der Waals surface area contributed by atoms with Gasteiger partial charge in [0, 0.05) is 11.9 Å². The highest BCUT2D eigenvalue weighted by molar-refractivity contribution is 5.92. The Morgan fingerprint density at radius 1 is 1.64 bits per heavy atom. The number of nitrogen functional groups attached to an aromatic ring is 2. The number of anilines is 1. The number of nitrogens with one attached hydrogen (secondary N) is 1. The molecule has 1 rings (SSSR count). The molecule has 1 amide bonds. The summed E-state index contributed by atoms with van der Waals surface area (Å²) in [7, 11) is 0. The quantitative estimate of drug-likeness (QED) is 0.281. The van der Waals surface area contributed by atoms with Crippen molar-refractivity contribution < 1.29 is 4.79 Å². The second-order valence-corrected chi connectivity index (χ2v) is 1.95. The molecule has 1 heterocycles. The lowest BCUT2D eigenvalue weighted by atomic mass is 10.3. The van der Waals surface area contributed by atoms with E-state index in [1.807, 2.05) is 5.43 Å². The Bertz CT molecular complexity index is 273. The summed E-state index contributed by atoms with van der Waals surface area (Å²) >= 11 is 0. The van der Waals surface area contributed by atoms with Gasteiger partial charge in [-0.15, -0.1) is 0 Å². The van der Waals surface area contributed by atoms with Crippen LogP contribution in [0.3, 0.4) is 0 Å². The zero-order valence-corrected chi connectivity index (χ0v) is 5.74. The Labute approximate surface area is 63.4 Å². The van der Waals surface area contributed by atoms with Crippen molar-refractivity contribution in [3.63, 3.8) is 0 Å². The highest BCUT2D eigenvalue weighted by Gasteiger charge is 2.03. The largest absolute Gasteiger partial charge is 0.399 e. The Kier molecular flexibility index (Phi) is 2.03. The third kappa shape index (κ3) is 1.65. The van der Waals surface area contributed by atoms with E-state index in [0.29, 0.717) is 5.69 Å². The maximum Gasteiger partial charge on any atom is 0.283 e. The molecule has 0 saturated heterocycles. The van der Waals surface area contributed by atoms with Gasteiger partial charge in [0.15, 0.2) is 0 Å². The molecule has 1 aromatic heterocycles. The molecule has 58 valence electrons. The maximum absolute atomic E-state index is 10.8. The van der Waals surface area contributed by atoms with Crippen LogP contribution in [0.25, 0.3) is 0 Å². The van der Waals surface area contributed by atoms with Crippen LogP contribution in [-0.4, -0.2) is 10.9 Å². The lowest BCUT2D eigenvalue weighted by Crippen LogP contribution is -2.30. The number of hydrogen-bond donors (Lipinski definition) is 3. The first kappa shape index (κ1) is 7.49. The molecule has 0 radical (unpaired) electrons. The van der Waals surface area contributed by atoms with Gasteiger partial charge in [-0.2, -0.15) is 0 Å². The number of aromatic nitrogens is 1. The number of hydrazine groups is 1. The van der Waals surface area contributed by atoms with Gasteiger partial charge in [-0.3, -0.25) is 15.2 Å². The summed E-state index contributed by atoms with van der Waals surface area (Å²) in [6.07, 6.45) is 1.44. The number of amides is 1. The molecule has 5 heteroatoms. The van der Waals surface area contributed by atoms with E-state index in [-0.39, 0.29) is 5.69 Å². The van der Waals surface area contributed by atoms with Gasteiger partial charge in [0.05, 0.1) is 0 Å². The highest BCUT2D eigenvalue weighted by Crippen LogP contribution is 2.01. The molecule has 0 aliphatic carbocycles. The van der Waals surface area contributed by atoms with Gasteiger partial charge in [0.25, 0.3) is 5.91 Å². The van der Waals surface area contributed by atoms with Crippen molar-refractivity contribution in [2.75, 3.05) is 5.73 Å². The van der Waals surface area contributed by atoms with Crippen molar-refractivity contribution in [1.82, 2.24) is 10.4 Å². The summed E-state index contributed by atoms with van der Waals surface area (Å²) in [5.74, 6) is 4.43. The summed E-state index contributed by atoms with van der Waals surface area (Å²) < 4.78 is 0. The van der Waals surface area contributed by atoms with Gasteiger partial charge in [-0.05, 0) is 12.1 Å². The zero-order valence-electron chi connectivity index (χ0n) is 5.74. The normalized spacial score (nSPS) is 9.18. The van der Waals surface area contributed by atoms with E-state index in [4.69, 9.17) is 11.6 Å². The van der Waals surface area contributed by atoms with Crippen molar-refractivity contribution >= 4 is 11.6 Å². The van der Waals surface area contributed by atoms with Crippen molar-refractivity contribution in [2.45, 2.75) is 0 Å². The van der Waals surface area contributed by atoms with E-state index in [1.54, 1.807) is 6.07 Å². The van der Waals surface area contributed by atoms with E-state index < -0.39 is 5.91 Å². The first-order chi connectivity index (χ1) is 5.24. The number of pyridine rings is 1. The Hall–Kier alpha value is -1.62. The highest BCUT2D eigenvalue weighted by atomic mass is 16.2. The van der Waals surface area contributed by atoms with Crippen LogP contribution in [0.2, 0.25) is 0 Å². The minimum atomic E-state index is -0.447. The second kappa shape index (κ2) is 2.98. The van der Waals surface area contributed by atoms with E-state index >= 15 is 0 Å². The average Bonchev–Trinajstić information content (AvgIpc) is 2.03.